The SMILES string of the molecule is Cc1nc2ccc(C(=O)N3CCN(C(C)c4nc(-c5ccccc5)no4)CC3)cc2nc1C. The van der Waals surface area contributed by atoms with E-state index < -0.39 is 0 Å². The summed E-state index contributed by atoms with van der Waals surface area (Å²) in [4.78, 5) is 31.0. The first kappa shape index (κ1) is 21.2. The number of nitrogens with zero attached hydrogens (tertiary/aromatic N) is 6. The van der Waals surface area contributed by atoms with Crippen molar-refractivity contribution in [3.8, 4) is 11.4 Å². The minimum absolute atomic E-state index is 0.0191. The van der Waals surface area contributed by atoms with E-state index in [0.29, 0.717) is 30.4 Å². The Hall–Kier alpha value is -3.65. The molecule has 1 saturated heterocycles. The number of rotatable bonds is 4. The predicted molar refractivity (Wildman–Crippen MR) is 125 cm³/mol. The Bertz CT molecular complexity index is 1300. The van der Waals surface area contributed by atoms with Crippen LogP contribution in [0.15, 0.2) is 53.1 Å². The Morgan fingerprint density at radius 3 is 2.33 bits per heavy atom. The van der Waals surface area contributed by atoms with Gasteiger partial charge in [0.2, 0.25) is 11.7 Å². The number of fused-ring (bicyclic) bond motifs is 1. The van der Waals surface area contributed by atoms with Crippen LogP contribution in [0.1, 0.15) is 40.6 Å². The number of amides is 1. The summed E-state index contributed by atoms with van der Waals surface area (Å²) in [6.45, 7) is 8.69. The van der Waals surface area contributed by atoms with E-state index in [1.807, 2.05) is 67.3 Å². The van der Waals surface area contributed by atoms with Crippen molar-refractivity contribution in [1.82, 2.24) is 29.9 Å². The van der Waals surface area contributed by atoms with E-state index in [1.54, 1.807) is 0 Å². The Labute approximate surface area is 192 Å². The second-order valence-electron chi connectivity index (χ2n) is 8.42. The lowest BCUT2D eigenvalue weighted by Crippen LogP contribution is -2.49. The van der Waals surface area contributed by atoms with Crippen LogP contribution in [0.5, 0.6) is 0 Å². The van der Waals surface area contributed by atoms with Crippen LogP contribution in [0, 0.1) is 13.8 Å². The maximum Gasteiger partial charge on any atom is 0.254 e. The predicted octanol–water partition coefficient (Wildman–Crippen LogP) is 3.82. The monoisotopic (exact) mass is 442 g/mol. The van der Waals surface area contributed by atoms with Crippen LogP contribution in [0.2, 0.25) is 0 Å². The fraction of sp³-hybridized carbons (Fsp3) is 0.320. The van der Waals surface area contributed by atoms with Crippen molar-refractivity contribution in [2.75, 3.05) is 26.2 Å². The lowest BCUT2D eigenvalue weighted by molar-refractivity contribution is 0.0552. The highest BCUT2D eigenvalue weighted by Gasteiger charge is 2.28. The molecule has 4 aromatic rings. The van der Waals surface area contributed by atoms with Crippen molar-refractivity contribution < 1.29 is 9.32 Å². The lowest BCUT2D eigenvalue weighted by atomic mass is 10.1. The second kappa shape index (κ2) is 8.71. The zero-order valence-corrected chi connectivity index (χ0v) is 19.0. The first-order valence-electron chi connectivity index (χ1n) is 11.2. The van der Waals surface area contributed by atoms with Crippen molar-refractivity contribution in [3.63, 3.8) is 0 Å². The van der Waals surface area contributed by atoms with Gasteiger partial charge in [0.25, 0.3) is 5.91 Å². The van der Waals surface area contributed by atoms with Crippen LogP contribution in [0.4, 0.5) is 0 Å². The maximum atomic E-state index is 13.1. The van der Waals surface area contributed by atoms with E-state index in [4.69, 9.17) is 4.52 Å². The topological polar surface area (TPSA) is 88.3 Å². The van der Waals surface area contributed by atoms with Gasteiger partial charge in [-0.2, -0.15) is 4.98 Å². The fourth-order valence-electron chi connectivity index (χ4n) is 4.12. The van der Waals surface area contributed by atoms with E-state index in [2.05, 4.69) is 31.9 Å². The number of hydrogen-bond donors (Lipinski definition) is 0. The van der Waals surface area contributed by atoms with Gasteiger partial charge in [-0.05, 0) is 39.0 Å². The number of carbonyl (C=O) groups is 1. The molecule has 3 heterocycles. The molecule has 1 unspecified atom stereocenters. The van der Waals surface area contributed by atoms with Gasteiger partial charge >= 0.3 is 0 Å². The zero-order valence-electron chi connectivity index (χ0n) is 19.0. The van der Waals surface area contributed by atoms with Crippen LogP contribution in [0.25, 0.3) is 22.4 Å². The quantitative estimate of drug-likeness (QED) is 0.475. The summed E-state index contributed by atoms with van der Waals surface area (Å²) in [5, 5.41) is 4.13. The number of carbonyl (C=O) groups excluding carboxylic acids is 1. The zero-order chi connectivity index (χ0) is 22.9. The molecule has 2 aromatic heterocycles. The number of aromatic nitrogens is 4. The Kier molecular flexibility index (Phi) is 5.60. The average Bonchev–Trinajstić information content (AvgIpc) is 3.35. The molecule has 168 valence electrons. The molecule has 0 saturated carbocycles. The molecule has 0 bridgehead atoms. The van der Waals surface area contributed by atoms with Crippen LogP contribution in [-0.2, 0) is 0 Å². The molecule has 8 heteroatoms. The average molecular weight is 443 g/mol. The number of benzene rings is 2. The molecular formula is C25H26N6O2. The number of hydrogen-bond acceptors (Lipinski definition) is 7. The smallest absolute Gasteiger partial charge is 0.254 e. The molecule has 8 nitrogen and oxygen atoms in total. The summed E-state index contributed by atoms with van der Waals surface area (Å²) in [5.41, 5.74) is 4.92. The molecule has 0 N–H and O–H groups in total. The molecule has 1 aliphatic rings. The van der Waals surface area contributed by atoms with Crippen LogP contribution >= 0.6 is 0 Å². The molecule has 0 spiro atoms. The highest BCUT2D eigenvalue weighted by Crippen LogP contribution is 2.24. The summed E-state index contributed by atoms with van der Waals surface area (Å²) in [6, 6.07) is 15.3. The van der Waals surface area contributed by atoms with E-state index in [9.17, 15) is 4.79 Å². The summed E-state index contributed by atoms with van der Waals surface area (Å²) in [6.07, 6.45) is 0. The minimum atomic E-state index is -0.0191. The Morgan fingerprint density at radius 2 is 1.61 bits per heavy atom. The van der Waals surface area contributed by atoms with Crippen LogP contribution in [-0.4, -0.2) is 62.0 Å². The third-order valence-corrected chi connectivity index (χ3v) is 6.30. The van der Waals surface area contributed by atoms with E-state index in [0.717, 1.165) is 41.1 Å². The van der Waals surface area contributed by atoms with Gasteiger partial charge in [-0.1, -0.05) is 35.5 Å². The molecule has 2 aromatic carbocycles. The minimum Gasteiger partial charge on any atom is -0.337 e. The van der Waals surface area contributed by atoms with Crippen molar-refractivity contribution in [1.29, 1.82) is 0 Å². The lowest BCUT2D eigenvalue weighted by Gasteiger charge is -2.36. The molecule has 5 rings (SSSR count). The van der Waals surface area contributed by atoms with Gasteiger partial charge in [0.15, 0.2) is 0 Å². The normalized spacial score (nSPS) is 15.7. The van der Waals surface area contributed by atoms with E-state index in [1.165, 1.54) is 0 Å². The standard InChI is InChI=1S/C25H26N6O2/c1-16-17(2)27-22-15-20(9-10-21(22)26-16)25(32)31-13-11-30(12-14-31)18(3)24-28-23(29-33-24)19-7-5-4-6-8-19/h4-10,15,18H,11-14H2,1-3H3. The number of piperazine rings is 1. The third-order valence-electron chi connectivity index (χ3n) is 6.30. The molecule has 0 aliphatic carbocycles. The van der Waals surface area contributed by atoms with Crippen molar-refractivity contribution in [2.24, 2.45) is 0 Å². The maximum absolute atomic E-state index is 13.1. The molecule has 1 fully saturated rings. The fourth-order valence-corrected chi connectivity index (χ4v) is 4.12. The first-order valence-corrected chi connectivity index (χ1v) is 11.2. The summed E-state index contributed by atoms with van der Waals surface area (Å²) in [5.74, 6) is 1.21. The van der Waals surface area contributed by atoms with E-state index >= 15 is 0 Å². The van der Waals surface area contributed by atoms with Crippen molar-refractivity contribution >= 4 is 16.9 Å². The molecular weight excluding hydrogens is 416 g/mol. The number of aryl methyl sites for hydroxylation is 2. The van der Waals surface area contributed by atoms with Gasteiger partial charge in [0.05, 0.1) is 28.5 Å². The molecule has 0 radical (unpaired) electrons. The van der Waals surface area contributed by atoms with Gasteiger partial charge in [0, 0.05) is 37.3 Å². The highest BCUT2D eigenvalue weighted by atomic mass is 16.5. The van der Waals surface area contributed by atoms with Crippen LogP contribution in [0.3, 0.4) is 0 Å². The largest absolute Gasteiger partial charge is 0.337 e. The summed E-state index contributed by atoms with van der Waals surface area (Å²) < 4.78 is 5.54. The molecule has 33 heavy (non-hydrogen) atoms. The highest BCUT2D eigenvalue weighted by molar-refractivity contribution is 5.97. The molecule has 1 aliphatic heterocycles. The van der Waals surface area contributed by atoms with Crippen molar-refractivity contribution in [3.05, 3.63) is 71.4 Å². The van der Waals surface area contributed by atoms with Gasteiger partial charge in [-0.15, -0.1) is 0 Å². The van der Waals surface area contributed by atoms with Crippen LogP contribution < -0.4 is 0 Å². The van der Waals surface area contributed by atoms with Gasteiger partial charge in [-0.3, -0.25) is 9.69 Å². The van der Waals surface area contributed by atoms with Crippen molar-refractivity contribution in [2.45, 2.75) is 26.8 Å². The van der Waals surface area contributed by atoms with Gasteiger partial charge < -0.3 is 9.42 Å². The first-order chi connectivity index (χ1) is 16.0. The molecule has 1 atom stereocenters. The van der Waals surface area contributed by atoms with Gasteiger partial charge in [0.1, 0.15) is 0 Å². The third kappa shape index (κ3) is 4.21. The summed E-state index contributed by atoms with van der Waals surface area (Å²) >= 11 is 0. The van der Waals surface area contributed by atoms with Gasteiger partial charge in [-0.25, -0.2) is 9.97 Å². The Balaban J connectivity index is 1.24. The van der Waals surface area contributed by atoms with E-state index in [-0.39, 0.29) is 11.9 Å². The summed E-state index contributed by atoms with van der Waals surface area (Å²) in [7, 11) is 0. The molecule has 1 amide bonds. The second-order valence-corrected chi connectivity index (χ2v) is 8.42. The Morgan fingerprint density at radius 1 is 0.909 bits per heavy atom.